The van der Waals surface area contributed by atoms with Gasteiger partial charge in [0.1, 0.15) is 17.3 Å². The first kappa shape index (κ1) is 16.9. The molecule has 7 heteroatoms. The molecular weight excluding hydrogens is 341 g/mol. The number of anilines is 1. The van der Waals surface area contributed by atoms with E-state index in [9.17, 15) is 12.8 Å². The van der Waals surface area contributed by atoms with Crippen LogP contribution in [0, 0.1) is 12.7 Å². The molecule has 25 heavy (non-hydrogen) atoms. The summed E-state index contributed by atoms with van der Waals surface area (Å²) < 4.78 is 42.3. The van der Waals surface area contributed by atoms with Crippen LogP contribution in [-0.2, 0) is 10.0 Å². The van der Waals surface area contributed by atoms with Crippen LogP contribution in [0.5, 0.6) is 0 Å². The molecule has 0 bridgehead atoms. The first-order chi connectivity index (χ1) is 11.9. The lowest BCUT2D eigenvalue weighted by Crippen LogP contribution is -2.13. The highest BCUT2D eigenvalue weighted by Gasteiger charge is 2.15. The van der Waals surface area contributed by atoms with Gasteiger partial charge in [0, 0.05) is 6.07 Å². The molecule has 0 fully saturated rings. The molecule has 3 rings (SSSR count). The Bertz CT molecular complexity index is 1010. The monoisotopic (exact) mass is 357 g/mol. The summed E-state index contributed by atoms with van der Waals surface area (Å²) in [7, 11) is -3.78. The van der Waals surface area contributed by atoms with Gasteiger partial charge in [-0.3, -0.25) is 4.72 Å². The van der Waals surface area contributed by atoms with Crippen LogP contribution in [0.2, 0.25) is 0 Å². The molecule has 3 aromatic rings. The zero-order valence-corrected chi connectivity index (χ0v) is 14.2. The molecule has 1 N–H and O–H groups in total. The molecule has 0 spiro atoms. The number of nitrogens with zero attached hydrogens (tertiary/aromatic N) is 2. The van der Waals surface area contributed by atoms with Crippen LogP contribution < -0.4 is 4.72 Å². The third-order valence-corrected chi connectivity index (χ3v) is 4.39. The third kappa shape index (κ3) is 4.13. The summed E-state index contributed by atoms with van der Waals surface area (Å²) in [5, 5.41) is 5.24. The van der Waals surface area contributed by atoms with Gasteiger partial charge in [-0.2, -0.15) is 5.10 Å². The molecular formula is C18H16FN3O2S. The van der Waals surface area contributed by atoms with E-state index in [1.54, 1.807) is 37.3 Å². The highest BCUT2D eigenvalue weighted by atomic mass is 32.2. The normalized spacial score (nSPS) is 11.8. The quantitative estimate of drug-likeness (QED) is 0.757. The number of benzene rings is 2. The van der Waals surface area contributed by atoms with Crippen molar-refractivity contribution >= 4 is 21.9 Å². The van der Waals surface area contributed by atoms with Gasteiger partial charge in [-0.25, -0.2) is 17.5 Å². The van der Waals surface area contributed by atoms with Crippen LogP contribution in [0.3, 0.4) is 0 Å². The summed E-state index contributed by atoms with van der Waals surface area (Å²) in [6.07, 6.45) is 1.49. The molecule has 0 unspecified atom stereocenters. The summed E-state index contributed by atoms with van der Waals surface area (Å²) in [5.74, 6) is -0.328. The number of aryl methyl sites for hydroxylation is 1. The lowest BCUT2D eigenvalue weighted by molar-refractivity contribution is 0.605. The number of sulfonamides is 1. The molecule has 0 amide bonds. The molecule has 5 nitrogen and oxygen atoms in total. The summed E-state index contributed by atoms with van der Waals surface area (Å²) in [5.41, 5.74) is 1.49. The van der Waals surface area contributed by atoms with Crippen molar-refractivity contribution in [2.45, 2.75) is 6.92 Å². The van der Waals surface area contributed by atoms with E-state index in [0.717, 1.165) is 11.0 Å². The average Bonchev–Trinajstić information content (AvgIpc) is 2.94. The van der Waals surface area contributed by atoms with E-state index in [1.165, 1.54) is 22.9 Å². The van der Waals surface area contributed by atoms with E-state index in [1.807, 2.05) is 18.2 Å². The van der Waals surface area contributed by atoms with E-state index in [0.29, 0.717) is 5.69 Å². The van der Waals surface area contributed by atoms with Gasteiger partial charge in [0.15, 0.2) is 0 Å². The van der Waals surface area contributed by atoms with Gasteiger partial charge >= 0.3 is 0 Å². The van der Waals surface area contributed by atoms with Crippen LogP contribution in [0.1, 0.15) is 11.3 Å². The summed E-state index contributed by atoms with van der Waals surface area (Å²) in [6.45, 7) is 1.70. The van der Waals surface area contributed by atoms with Gasteiger partial charge in [0.25, 0.3) is 10.0 Å². The number of hydrogen-bond acceptors (Lipinski definition) is 3. The summed E-state index contributed by atoms with van der Waals surface area (Å²) in [4.78, 5) is 0. The first-order valence-electron chi connectivity index (χ1n) is 7.52. The van der Waals surface area contributed by atoms with Crippen LogP contribution in [0.15, 0.2) is 66.1 Å². The Morgan fingerprint density at radius 1 is 1.08 bits per heavy atom. The molecule has 1 heterocycles. The fourth-order valence-electron chi connectivity index (χ4n) is 2.29. The second kappa shape index (κ2) is 6.90. The maximum absolute atomic E-state index is 14.0. The smallest absolute Gasteiger partial charge is 0.256 e. The minimum atomic E-state index is -3.78. The van der Waals surface area contributed by atoms with Crippen LogP contribution in [0.25, 0.3) is 11.8 Å². The maximum atomic E-state index is 14.0. The SMILES string of the molecule is Cc1cc(NS(=O)(=O)C=Cc2ccccc2)n(-c2ccccc2F)n1. The minimum Gasteiger partial charge on any atom is -0.264 e. The van der Waals surface area contributed by atoms with E-state index < -0.39 is 15.8 Å². The van der Waals surface area contributed by atoms with Gasteiger partial charge in [-0.15, -0.1) is 0 Å². The Morgan fingerprint density at radius 3 is 2.48 bits per heavy atom. The molecule has 0 saturated carbocycles. The second-order valence-corrected chi connectivity index (χ2v) is 6.96. The molecule has 0 atom stereocenters. The predicted molar refractivity (Wildman–Crippen MR) is 96.3 cm³/mol. The second-order valence-electron chi connectivity index (χ2n) is 5.39. The number of hydrogen-bond donors (Lipinski definition) is 1. The standard InChI is InChI=1S/C18H16FN3O2S/c1-14-13-18(22(20-14)17-10-6-5-9-16(17)19)21-25(23,24)12-11-15-7-3-2-4-8-15/h2-13,21H,1H3. The van der Waals surface area contributed by atoms with Crippen molar-refractivity contribution in [3.05, 3.63) is 83.1 Å². The number of rotatable bonds is 5. The van der Waals surface area contributed by atoms with Crippen molar-refractivity contribution in [2.75, 3.05) is 4.72 Å². The number of nitrogens with one attached hydrogen (secondary N) is 1. The van der Waals surface area contributed by atoms with Gasteiger partial charge in [0.05, 0.1) is 11.1 Å². The van der Waals surface area contributed by atoms with Crippen LogP contribution >= 0.6 is 0 Å². The first-order valence-corrected chi connectivity index (χ1v) is 9.07. The topological polar surface area (TPSA) is 64.0 Å². The van der Waals surface area contributed by atoms with Crippen LogP contribution in [0.4, 0.5) is 10.2 Å². The number of aromatic nitrogens is 2. The zero-order valence-electron chi connectivity index (χ0n) is 13.4. The summed E-state index contributed by atoms with van der Waals surface area (Å²) in [6, 6.07) is 16.6. The lowest BCUT2D eigenvalue weighted by Gasteiger charge is -2.09. The van der Waals surface area contributed by atoms with E-state index in [2.05, 4.69) is 9.82 Å². The Morgan fingerprint density at radius 2 is 1.76 bits per heavy atom. The molecule has 0 aliphatic heterocycles. The van der Waals surface area contributed by atoms with Gasteiger partial charge in [-0.05, 0) is 30.7 Å². The van der Waals surface area contributed by atoms with Crippen molar-refractivity contribution in [1.82, 2.24) is 9.78 Å². The Hall–Kier alpha value is -2.93. The highest BCUT2D eigenvalue weighted by molar-refractivity contribution is 7.95. The molecule has 2 aromatic carbocycles. The fraction of sp³-hybridized carbons (Fsp3) is 0.0556. The Kier molecular flexibility index (Phi) is 4.67. The van der Waals surface area contributed by atoms with Crippen molar-refractivity contribution in [3.8, 4) is 5.69 Å². The maximum Gasteiger partial charge on any atom is 0.256 e. The average molecular weight is 357 g/mol. The highest BCUT2D eigenvalue weighted by Crippen LogP contribution is 2.21. The minimum absolute atomic E-state index is 0.167. The molecule has 0 aliphatic rings. The van der Waals surface area contributed by atoms with E-state index in [4.69, 9.17) is 0 Å². The van der Waals surface area contributed by atoms with Gasteiger partial charge in [0.2, 0.25) is 0 Å². The zero-order chi connectivity index (χ0) is 17.9. The van der Waals surface area contributed by atoms with Gasteiger partial charge in [-0.1, -0.05) is 42.5 Å². The van der Waals surface area contributed by atoms with E-state index >= 15 is 0 Å². The number of halogens is 1. The van der Waals surface area contributed by atoms with Gasteiger partial charge < -0.3 is 0 Å². The number of para-hydroxylation sites is 1. The van der Waals surface area contributed by atoms with E-state index in [-0.39, 0.29) is 11.5 Å². The lowest BCUT2D eigenvalue weighted by atomic mass is 10.2. The van der Waals surface area contributed by atoms with Crippen molar-refractivity contribution in [3.63, 3.8) is 0 Å². The van der Waals surface area contributed by atoms with Crippen molar-refractivity contribution in [1.29, 1.82) is 0 Å². The third-order valence-electron chi connectivity index (χ3n) is 3.40. The Balaban J connectivity index is 1.91. The summed E-state index contributed by atoms with van der Waals surface area (Å²) >= 11 is 0. The molecule has 1 aromatic heterocycles. The molecule has 0 aliphatic carbocycles. The molecule has 0 saturated heterocycles. The Labute approximate surface area is 145 Å². The predicted octanol–water partition coefficient (Wildman–Crippen LogP) is 3.73. The molecule has 128 valence electrons. The van der Waals surface area contributed by atoms with Crippen LogP contribution in [-0.4, -0.2) is 18.2 Å². The molecule has 0 radical (unpaired) electrons. The van der Waals surface area contributed by atoms with Crippen molar-refractivity contribution in [2.24, 2.45) is 0 Å². The largest absolute Gasteiger partial charge is 0.264 e. The van der Waals surface area contributed by atoms with Crippen molar-refractivity contribution < 1.29 is 12.8 Å². The fourth-order valence-corrected chi connectivity index (χ4v) is 3.13.